The first-order valence-corrected chi connectivity index (χ1v) is 5.76. The number of rotatable bonds is 5. The van der Waals surface area contributed by atoms with E-state index in [0.29, 0.717) is 30.0 Å². The van der Waals surface area contributed by atoms with Crippen LogP contribution < -0.4 is 0 Å². The first-order valence-electron chi connectivity index (χ1n) is 5.76. The average molecular weight is 208 g/mol. The zero-order chi connectivity index (χ0) is 11.9. The van der Waals surface area contributed by atoms with Gasteiger partial charge in [-0.05, 0) is 24.7 Å². The summed E-state index contributed by atoms with van der Waals surface area (Å²) < 4.78 is 0. The molecule has 0 saturated carbocycles. The molecule has 0 saturated heterocycles. The minimum absolute atomic E-state index is 0.322. The Balaban J connectivity index is 3.80. The Morgan fingerprint density at radius 1 is 1.33 bits per heavy atom. The van der Waals surface area contributed by atoms with Crippen molar-refractivity contribution in [2.45, 2.75) is 60.3 Å². The third-order valence-corrected chi connectivity index (χ3v) is 2.24. The molecule has 0 fully saturated rings. The fourth-order valence-corrected chi connectivity index (χ4v) is 1.94. The molecule has 0 N–H and O–H groups in total. The van der Waals surface area contributed by atoms with E-state index < -0.39 is 0 Å². The van der Waals surface area contributed by atoms with E-state index in [4.69, 9.17) is 0 Å². The van der Waals surface area contributed by atoms with Crippen molar-refractivity contribution in [3.05, 3.63) is 0 Å². The Morgan fingerprint density at radius 2 is 1.93 bits per heavy atom. The molecular weight excluding hydrogens is 184 g/mol. The van der Waals surface area contributed by atoms with Gasteiger partial charge in [-0.25, -0.2) is 0 Å². The Hall–Kier alpha value is -0.770. The van der Waals surface area contributed by atoms with Gasteiger partial charge in [0, 0.05) is 19.3 Å². The molecule has 0 aromatic carbocycles. The normalized spacial score (nSPS) is 12.9. The molecule has 1 unspecified atom stereocenters. The second kappa shape index (κ2) is 6.67. The Kier molecular flexibility index (Phi) is 6.32. The summed E-state index contributed by atoms with van der Waals surface area (Å²) in [5, 5.41) is 0. The molecular formula is C14H24O. The van der Waals surface area contributed by atoms with E-state index in [-0.39, 0.29) is 0 Å². The molecule has 1 nitrogen and oxygen atoms in total. The van der Waals surface area contributed by atoms with Crippen molar-refractivity contribution in [3.63, 3.8) is 0 Å². The highest BCUT2D eigenvalue weighted by molar-refractivity contribution is 5.78. The third-order valence-electron chi connectivity index (χ3n) is 2.24. The molecule has 1 heteroatoms. The molecule has 1 atom stereocenters. The number of Topliss-reactive ketones (excluding diaryl/α,β-unsaturated/α-hetero) is 1. The van der Waals surface area contributed by atoms with Gasteiger partial charge in [0.15, 0.2) is 0 Å². The van der Waals surface area contributed by atoms with Crippen LogP contribution in [0.15, 0.2) is 0 Å². The summed E-state index contributed by atoms with van der Waals surface area (Å²) in [6.07, 6.45) is 3.16. The van der Waals surface area contributed by atoms with Gasteiger partial charge >= 0.3 is 0 Å². The van der Waals surface area contributed by atoms with Crippen molar-refractivity contribution in [1.29, 1.82) is 0 Å². The van der Waals surface area contributed by atoms with E-state index in [1.54, 1.807) is 0 Å². The Morgan fingerprint density at radius 3 is 2.40 bits per heavy atom. The molecule has 0 aliphatic heterocycles. The minimum atomic E-state index is 0.322. The monoisotopic (exact) mass is 208 g/mol. The second-order valence-corrected chi connectivity index (χ2v) is 5.54. The van der Waals surface area contributed by atoms with E-state index in [9.17, 15) is 4.79 Å². The van der Waals surface area contributed by atoms with Gasteiger partial charge in [0.2, 0.25) is 0 Å². The van der Waals surface area contributed by atoms with Crippen molar-refractivity contribution in [3.8, 4) is 11.8 Å². The molecule has 0 heterocycles. The van der Waals surface area contributed by atoms with Crippen molar-refractivity contribution < 1.29 is 4.79 Å². The summed E-state index contributed by atoms with van der Waals surface area (Å²) in [4.78, 5) is 11.5. The van der Waals surface area contributed by atoms with Gasteiger partial charge in [0.1, 0.15) is 5.78 Å². The largest absolute Gasteiger partial charge is 0.300 e. The molecule has 0 radical (unpaired) electrons. The van der Waals surface area contributed by atoms with Crippen LogP contribution in [0.1, 0.15) is 60.3 Å². The highest BCUT2D eigenvalue weighted by Crippen LogP contribution is 2.26. The average Bonchev–Trinajstić information content (AvgIpc) is 2.00. The molecule has 0 aliphatic rings. The van der Waals surface area contributed by atoms with Gasteiger partial charge in [-0.15, -0.1) is 11.8 Å². The van der Waals surface area contributed by atoms with Crippen LogP contribution in [0.5, 0.6) is 0 Å². The van der Waals surface area contributed by atoms with Gasteiger partial charge in [-0.2, -0.15) is 0 Å². The van der Waals surface area contributed by atoms with Crippen molar-refractivity contribution in [1.82, 2.24) is 0 Å². The molecule has 0 bridgehead atoms. The topological polar surface area (TPSA) is 17.1 Å². The molecule has 86 valence electrons. The highest BCUT2D eigenvalue weighted by Gasteiger charge is 2.17. The number of hydrogen-bond acceptors (Lipinski definition) is 1. The predicted molar refractivity (Wildman–Crippen MR) is 65.5 cm³/mol. The van der Waals surface area contributed by atoms with Gasteiger partial charge in [0.05, 0.1) is 0 Å². The maximum Gasteiger partial charge on any atom is 0.134 e. The summed E-state index contributed by atoms with van der Waals surface area (Å²) in [5.41, 5.74) is 0.322. The number of carbonyl (C=O) groups excluding carboxylic acids is 1. The summed E-state index contributed by atoms with van der Waals surface area (Å²) in [6.45, 7) is 10.6. The Labute approximate surface area is 94.6 Å². The van der Waals surface area contributed by atoms with E-state index in [1.165, 1.54) is 0 Å². The van der Waals surface area contributed by atoms with Crippen LogP contribution in [0.3, 0.4) is 0 Å². The molecule has 0 spiro atoms. The fraction of sp³-hybridized carbons (Fsp3) is 0.786. The number of hydrogen-bond donors (Lipinski definition) is 0. The van der Waals surface area contributed by atoms with Crippen molar-refractivity contribution in [2.24, 2.45) is 11.3 Å². The second-order valence-electron chi connectivity index (χ2n) is 5.54. The fourth-order valence-electron chi connectivity index (χ4n) is 1.94. The SMILES string of the molecule is CC#CCCC(=O)CC(C)CC(C)(C)C. The highest BCUT2D eigenvalue weighted by atomic mass is 16.1. The Bertz CT molecular complexity index is 247. The molecule has 15 heavy (non-hydrogen) atoms. The summed E-state index contributed by atoms with van der Waals surface area (Å²) in [5.74, 6) is 6.59. The molecule has 0 aromatic rings. The van der Waals surface area contributed by atoms with E-state index in [2.05, 4.69) is 39.5 Å². The number of ketones is 1. The lowest BCUT2D eigenvalue weighted by Crippen LogP contribution is -2.14. The van der Waals surface area contributed by atoms with E-state index in [1.807, 2.05) is 6.92 Å². The van der Waals surface area contributed by atoms with Crippen LogP contribution in [-0.4, -0.2) is 5.78 Å². The standard InChI is InChI=1S/C14H24O/c1-6-7-8-9-13(15)10-12(2)11-14(3,4)5/h12H,8-11H2,1-5H3. The smallest absolute Gasteiger partial charge is 0.134 e. The van der Waals surface area contributed by atoms with E-state index >= 15 is 0 Å². The quantitative estimate of drug-likeness (QED) is 0.628. The van der Waals surface area contributed by atoms with Crippen molar-refractivity contribution >= 4 is 5.78 Å². The molecule has 0 aliphatic carbocycles. The first kappa shape index (κ1) is 14.2. The summed E-state index contributed by atoms with van der Waals surface area (Å²) in [7, 11) is 0. The maximum atomic E-state index is 11.5. The lowest BCUT2D eigenvalue weighted by molar-refractivity contribution is -0.119. The van der Waals surface area contributed by atoms with Gasteiger partial charge in [-0.3, -0.25) is 4.79 Å². The van der Waals surface area contributed by atoms with Crippen LogP contribution in [-0.2, 0) is 4.79 Å². The van der Waals surface area contributed by atoms with E-state index in [0.717, 1.165) is 12.8 Å². The third kappa shape index (κ3) is 9.53. The summed E-state index contributed by atoms with van der Waals surface area (Å²) in [6, 6.07) is 0. The minimum Gasteiger partial charge on any atom is -0.300 e. The maximum absolute atomic E-state index is 11.5. The summed E-state index contributed by atoms with van der Waals surface area (Å²) >= 11 is 0. The van der Waals surface area contributed by atoms with Gasteiger partial charge in [0.25, 0.3) is 0 Å². The van der Waals surface area contributed by atoms with Crippen LogP contribution >= 0.6 is 0 Å². The van der Waals surface area contributed by atoms with Crippen LogP contribution in [0.4, 0.5) is 0 Å². The van der Waals surface area contributed by atoms with Crippen LogP contribution in [0.25, 0.3) is 0 Å². The first-order chi connectivity index (χ1) is 6.85. The zero-order valence-corrected chi connectivity index (χ0v) is 10.8. The molecule has 0 amide bonds. The zero-order valence-electron chi connectivity index (χ0n) is 10.8. The molecule has 0 aromatic heterocycles. The lowest BCUT2D eigenvalue weighted by Gasteiger charge is -2.22. The van der Waals surface area contributed by atoms with Gasteiger partial charge in [-0.1, -0.05) is 27.7 Å². The molecule has 0 rings (SSSR count). The van der Waals surface area contributed by atoms with Crippen molar-refractivity contribution in [2.75, 3.05) is 0 Å². The predicted octanol–water partition coefficient (Wildman–Crippen LogP) is 3.82. The van der Waals surface area contributed by atoms with Crippen LogP contribution in [0, 0.1) is 23.2 Å². The van der Waals surface area contributed by atoms with Gasteiger partial charge < -0.3 is 0 Å². The lowest BCUT2D eigenvalue weighted by atomic mass is 9.83. The number of carbonyl (C=O) groups is 1. The van der Waals surface area contributed by atoms with Crippen LogP contribution in [0.2, 0.25) is 0 Å².